The molecule has 0 aliphatic carbocycles. The largest absolute Gasteiger partial charge is 0.372 e. The number of amides is 3. The number of carbonyl (C=O) groups excluding carboxylic acids is 3. The molecule has 146 valence electrons. The Labute approximate surface area is 164 Å². The number of hydrogen-bond donors (Lipinski definition) is 3. The van der Waals surface area contributed by atoms with Crippen LogP contribution < -0.4 is 20.9 Å². The maximum atomic E-state index is 12.1. The molecule has 2 aromatic carbocycles. The van der Waals surface area contributed by atoms with Crippen molar-refractivity contribution in [3.63, 3.8) is 0 Å². The van der Waals surface area contributed by atoms with Crippen molar-refractivity contribution in [1.82, 2.24) is 0 Å². The number of benzene rings is 2. The molecule has 28 heavy (non-hydrogen) atoms. The van der Waals surface area contributed by atoms with E-state index in [9.17, 15) is 14.4 Å². The highest BCUT2D eigenvalue weighted by Crippen LogP contribution is 2.22. The monoisotopic (exact) mass is 380 g/mol. The van der Waals surface area contributed by atoms with Crippen molar-refractivity contribution in [3.05, 3.63) is 48.5 Å². The predicted molar refractivity (Wildman–Crippen MR) is 111 cm³/mol. The molecule has 1 aliphatic rings. The van der Waals surface area contributed by atoms with Gasteiger partial charge in [0.15, 0.2) is 0 Å². The molecule has 3 amide bonds. The molecule has 0 spiro atoms. The summed E-state index contributed by atoms with van der Waals surface area (Å²) in [6.07, 6.45) is 2.15. The number of carbonyl (C=O) groups is 3. The van der Waals surface area contributed by atoms with Crippen LogP contribution in [-0.4, -0.2) is 30.8 Å². The smallest absolute Gasteiger partial charge is 0.233 e. The topological polar surface area (TPSA) is 90.5 Å². The molecule has 1 aliphatic heterocycles. The molecule has 0 bridgehead atoms. The van der Waals surface area contributed by atoms with E-state index in [0.29, 0.717) is 17.1 Å². The SMILES string of the molecule is CC(=O)Nc1ccc(NC(=O)CC(=O)Nc2ccc(N3CCCC3)cc2)cc1. The molecule has 0 aromatic heterocycles. The van der Waals surface area contributed by atoms with Gasteiger partial charge in [-0.25, -0.2) is 0 Å². The van der Waals surface area contributed by atoms with Crippen LogP contribution in [0.2, 0.25) is 0 Å². The van der Waals surface area contributed by atoms with E-state index in [0.717, 1.165) is 18.8 Å². The van der Waals surface area contributed by atoms with Crippen molar-refractivity contribution >= 4 is 40.5 Å². The summed E-state index contributed by atoms with van der Waals surface area (Å²) in [6, 6.07) is 14.4. The minimum absolute atomic E-state index is 0.165. The summed E-state index contributed by atoms with van der Waals surface area (Å²) in [5, 5.41) is 8.06. The van der Waals surface area contributed by atoms with Crippen molar-refractivity contribution in [2.45, 2.75) is 26.2 Å². The summed E-state index contributed by atoms with van der Waals surface area (Å²) >= 11 is 0. The third kappa shape index (κ3) is 5.57. The second-order valence-corrected chi connectivity index (χ2v) is 6.77. The molecule has 0 atom stereocenters. The number of nitrogens with one attached hydrogen (secondary N) is 3. The molecular formula is C21H24N4O3. The van der Waals surface area contributed by atoms with Gasteiger partial charge in [-0.3, -0.25) is 14.4 Å². The molecule has 2 aromatic rings. The molecule has 3 rings (SSSR count). The lowest BCUT2D eigenvalue weighted by Gasteiger charge is -2.17. The quantitative estimate of drug-likeness (QED) is 0.671. The van der Waals surface area contributed by atoms with Crippen LogP contribution >= 0.6 is 0 Å². The summed E-state index contributed by atoms with van der Waals surface area (Å²) in [7, 11) is 0. The van der Waals surface area contributed by atoms with Crippen LogP contribution in [0.1, 0.15) is 26.2 Å². The maximum Gasteiger partial charge on any atom is 0.233 e. The minimum Gasteiger partial charge on any atom is -0.372 e. The lowest BCUT2D eigenvalue weighted by Crippen LogP contribution is -2.21. The minimum atomic E-state index is -0.404. The molecule has 7 heteroatoms. The van der Waals surface area contributed by atoms with Gasteiger partial charge in [0.2, 0.25) is 17.7 Å². The van der Waals surface area contributed by atoms with Crippen LogP contribution in [0.3, 0.4) is 0 Å². The van der Waals surface area contributed by atoms with E-state index in [-0.39, 0.29) is 18.2 Å². The highest BCUT2D eigenvalue weighted by molar-refractivity contribution is 6.08. The van der Waals surface area contributed by atoms with Crippen molar-refractivity contribution < 1.29 is 14.4 Å². The third-order valence-corrected chi connectivity index (χ3v) is 4.43. The predicted octanol–water partition coefficient (Wildman–Crippen LogP) is 3.21. The van der Waals surface area contributed by atoms with Crippen molar-refractivity contribution in [3.8, 4) is 0 Å². The van der Waals surface area contributed by atoms with E-state index in [1.165, 1.54) is 19.8 Å². The molecule has 1 saturated heterocycles. The van der Waals surface area contributed by atoms with Gasteiger partial charge in [-0.15, -0.1) is 0 Å². The molecular weight excluding hydrogens is 356 g/mol. The van der Waals surface area contributed by atoms with Gasteiger partial charge in [0.05, 0.1) is 0 Å². The van der Waals surface area contributed by atoms with E-state index < -0.39 is 5.91 Å². The Morgan fingerprint density at radius 2 is 1.18 bits per heavy atom. The maximum absolute atomic E-state index is 12.1. The van der Waals surface area contributed by atoms with Gasteiger partial charge in [0, 0.05) is 42.8 Å². The van der Waals surface area contributed by atoms with Gasteiger partial charge >= 0.3 is 0 Å². The average molecular weight is 380 g/mol. The second-order valence-electron chi connectivity index (χ2n) is 6.77. The molecule has 1 heterocycles. The fraction of sp³-hybridized carbons (Fsp3) is 0.286. The first-order chi connectivity index (χ1) is 13.5. The normalized spacial score (nSPS) is 13.1. The Bertz CT molecular complexity index is 841. The Morgan fingerprint density at radius 1 is 0.750 bits per heavy atom. The molecule has 0 radical (unpaired) electrons. The first-order valence-corrected chi connectivity index (χ1v) is 9.32. The van der Waals surface area contributed by atoms with Crippen LogP contribution in [0.25, 0.3) is 0 Å². The Morgan fingerprint density at radius 3 is 1.64 bits per heavy atom. The van der Waals surface area contributed by atoms with Gasteiger partial charge in [-0.1, -0.05) is 0 Å². The van der Waals surface area contributed by atoms with E-state index in [4.69, 9.17) is 0 Å². The van der Waals surface area contributed by atoms with Gasteiger partial charge in [0.25, 0.3) is 0 Å². The van der Waals surface area contributed by atoms with E-state index in [1.54, 1.807) is 24.3 Å². The van der Waals surface area contributed by atoms with Gasteiger partial charge in [0.1, 0.15) is 6.42 Å². The summed E-state index contributed by atoms with van der Waals surface area (Å²) in [6.45, 7) is 3.56. The van der Waals surface area contributed by atoms with Crippen molar-refractivity contribution in [2.75, 3.05) is 33.9 Å². The fourth-order valence-corrected chi connectivity index (χ4v) is 3.13. The van der Waals surface area contributed by atoms with Crippen LogP contribution in [0.4, 0.5) is 22.7 Å². The van der Waals surface area contributed by atoms with Crippen LogP contribution in [0.5, 0.6) is 0 Å². The highest BCUT2D eigenvalue weighted by Gasteiger charge is 2.13. The molecule has 1 fully saturated rings. The van der Waals surface area contributed by atoms with Gasteiger partial charge < -0.3 is 20.9 Å². The number of rotatable bonds is 6. The summed E-state index contributed by atoms with van der Waals surface area (Å²) in [5.41, 5.74) is 3.01. The lowest BCUT2D eigenvalue weighted by molar-refractivity contribution is -0.123. The Kier molecular flexibility index (Phi) is 6.26. The zero-order chi connectivity index (χ0) is 19.9. The standard InChI is InChI=1S/C21H24N4O3/c1-15(26)22-16-4-6-17(7-5-16)23-20(27)14-21(28)24-18-8-10-19(11-9-18)25-12-2-3-13-25/h4-11H,2-3,12-14H2,1H3,(H,22,26)(H,23,27)(H,24,28). The van der Waals surface area contributed by atoms with Crippen LogP contribution in [0, 0.1) is 0 Å². The van der Waals surface area contributed by atoms with Gasteiger partial charge in [-0.2, -0.15) is 0 Å². The first kappa shape index (κ1) is 19.4. The summed E-state index contributed by atoms with van der Waals surface area (Å²) in [5.74, 6) is -0.943. The summed E-state index contributed by atoms with van der Waals surface area (Å²) < 4.78 is 0. The van der Waals surface area contributed by atoms with Gasteiger partial charge in [-0.05, 0) is 61.4 Å². The summed E-state index contributed by atoms with van der Waals surface area (Å²) in [4.78, 5) is 37.5. The number of anilines is 4. The molecule has 0 unspecified atom stereocenters. The third-order valence-electron chi connectivity index (χ3n) is 4.43. The number of nitrogens with zero attached hydrogens (tertiary/aromatic N) is 1. The molecule has 0 saturated carbocycles. The average Bonchev–Trinajstić information content (AvgIpc) is 3.18. The van der Waals surface area contributed by atoms with Crippen LogP contribution in [-0.2, 0) is 14.4 Å². The molecule has 7 nitrogen and oxygen atoms in total. The zero-order valence-corrected chi connectivity index (χ0v) is 15.8. The van der Waals surface area contributed by atoms with E-state index in [1.807, 2.05) is 24.3 Å². The number of hydrogen-bond acceptors (Lipinski definition) is 4. The van der Waals surface area contributed by atoms with Crippen LogP contribution in [0.15, 0.2) is 48.5 Å². The Balaban J connectivity index is 1.47. The second kappa shape index (κ2) is 9.03. The van der Waals surface area contributed by atoms with Crippen molar-refractivity contribution in [2.24, 2.45) is 0 Å². The zero-order valence-electron chi connectivity index (χ0n) is 15.8. The van der Waals surface area contributed by atoms with Crippen molar-refractivity contribution in [1.29, 1.82) is 0 Å². The van der Waals surface area contributed by atoms with E-state index >= 15 is 0 Å². The highest BCUT2D eigenvalue weighted by atomic mass is 16.2. The fourth-order valence-electron chi connectivity index (χ4n) is 3.13. The molecule has 3 N–H and O–H groups in total. The van der Waals surface area contributed by atoms with E-state index in [2.05, 4.69) is 20.9 Å². The Hall–Kier alpha value is -3.35. The first-order valence-electron chi connectivity index (χ1n) is 9.32. The lowest BCUT2D eigenvalue weighted by atomic mass is 10.2.